The Kier molecular flexibility index (Phi) is 4.76. The number of halogens is 1. The van der Waals surface area contributed by atoms with E-state index < -0.39 is 5.97 Å². The molecule has 2 heterocycles. The normalized spacial score (nSPS) is 16.0. The van der Waals surface area contributed by atoms with Crippen LogP contribution in [0.1, 0.15) is 18.7 Å². The summed E-state index contributed by atoms with van der Waals surface area (Å²) in [6.07, 6.45) is 2.31. The average molecular weight is 358 g/mol. The summed E-state index contributed by atoms with van der Waals surface area (Å²) in [6.45, 7) is 2.41. The fourth-order valence-electron chi connectivity index (χ4n) is 2.35. The molecule has 1 aliphatic heterocycles. The first kappa shape index (κ1) is 15.7. The number of nitrogens with zero attached hydrogens (tertiary/aromatic N) is 3. The molecule has 0 spiro atoms. The molecule has 1 aromatic rings. The molecule has 0 unspecified atom stereocenters. The number of piperidine rings is 1. The summed E-state index contributed by atoms with van der Waals surface area (Å²) in [5.41, 5.74) is -0.295. The number of likely N-dealkylation sites (tertiary alicyclic amines) is 1. The lowest BCUT2D eigenvalue weighted by atomic mass is 9.97. The number of rotatable bonds is 3. The first-order valence-corrected chi connectivity index (χ1v) is 7.42. The topological polar surface area (TPSA) is 92.5 Å². The summed E-state index contributed by atoms with van der Waals surface area (Å²) in [5.74, 6) is -0.919. The molecule has 114 valence electrons. The quantitative estimate of drug-likeness (QED) is 0.856. The number of hydrogen-bond acceptors (Lipinski definition) is 4. The van der Waals surface area contributed by atoms with E-state index in [2.05, 4.69) is 20.9 Å². The van der Waals surface area contributed by atoms with Gasteiger partial charge >= 0.3 is 5.97 Å². The highest BCUT2D eigenvalue weighted by Crippen LogP contribution is 2.17. The van der Waals surface area contributed by atoms with Gasteiger partial charge in [0, 0.05) is 19.3 Å². The van der Waals surface area contributed by atoms with E-state index in [0.29, 0.717) is 36.2 Å². The Morgan fingerprint density at radius 1 is 1.43 bits per heavy atom. The summed E-state index contributed by atoms with van der Waals surface area (Å²) in [7, 11) is 0. The van der Waals surface area contributed by atoms with Gasteiger partial charge in [-0.05, 0) is 35.7 Å². The van der Waals surface area contributed by atoms with Crippen molar-refractivity contribution in [1.29, 1.82) is 0 Å². The second kappa shape index (κ2) is 6.38. The maximum absolute atomic E-state index is 12.2. The first-order valence-electron chi connectivity index (χ1n) is 6.62. The van der Waals surface area contributed by atoms with Crippen molar-refractivity contribution in [2.45, 2.75) is 26.3 Å². The third-order valence-corrected chi connectivity index (χ3v) is 4.24. The fraction of sp³-hybridized carbons (Fsp3) is 0.538. The number of carboxylic acid groups (broad SMARTS) is 1. The van der Waals surface area contributed by atoms with E-state index >= 15 is 0 Å². The van der Waals surface area contributed by atoms with E-state index in [4.69, 9.17) is 5.11 Å². The van der Waals surface area contributed by atoms with Crippen LogP contribution in [-0.2, 0) is 16.1 Å². The van der Waals surface area contributed by atoms with Gasteiger partial charge < -0.3 is 10.0 Å². The maximum atomic E-state index is 12.2. The van der Waals surface area contributed by atoms with Gasteiger partial charge in [-0.3, -0.25) is 19.0 Å². The molecule has 1 fully saturated rings. The second-order valence-electron chi connectivity index (χ2n) is 5.04. The Bertz CT molecular complexity index is 620. The molecular formula is C13H16BrN3O4. The third-order valence-electron chi connectivity index (χ3n) is 3.70. The predicted molar refractivity (Wildman–Crippen MR) is 77.9 cm³/mol. The van der Waals surface area contributed by atoms with Gasteiger partial charge in [0.1, 0.15) is 16.8 Å². The molecule has 1 amide bonds. The summed E-state index contributed by atoms with van der Waals surface area (Å²) >= 11 is 3.10. The van der Waals surface area contributed by atoms with E-state index in [-0.39, 0.29) is 23.9 Å². The molecule has 1 aromatic heterocycles. The van der Waals surface area contributed by atoms with Crippen molar-refractivity contribution in [1.82, 2.24) is 14.5 Å². The van der Waals surface area contributed by atoms with Crippen molar-refractivity contribution in [2.75, 3.05) is 13.1 Å². The highest BCUT2D eigenvalue weighted by Gasteiger charge is 2.27. The first-order chi connectivity index (χ1) is 9.90. The summed E-state index contributed by atoms with van der Waals surface area (Å²) in [5, 5.41) is 8.94. The predicted octanol–water partition coefficient (Wildman–Crippen LogP) is 0.637. The molecule has 21 heavy (non-hydrogen) atoms. The summed E-state index contributed by atoms with van der Waals surface area (Å²) < 4.78 is 1.63. The minimum absolute atomic E-state index is 0.0746. The molecule has 7 nitrogen and oxygen atoms in total. The molecule has 1 saturated heterocycles. The smallest absolute Gasteiger partial charge is 0.306 e. The lowest BCUT2D eigenvalue weighted by molar-refractivity contribution is -0.145. The lowest BCUT2D eigenvalue weighted by Crippen LogP contribution is -2.43. The maximum Gasteiger partial charge on any atom is 0.306 e. The summed E-state index contributed by atoms with van der Waals surface area (Å²) in [6, 6.07) is 0. The van der Waals surface area contributed by atoms with Crippen molar-refractivity contribution in [3.05, 3.63) is 26.8 Å². The molecule has 0 saturated carbocycles. The van der Waals surface area contributed by atoms with Crippen LogP contribution in [-0.4, -0.2) is 44.5 Å². The van der Waals surface area contributed by atoms with Crippen LogP contribution in [0, 0.1) is 12.8 Å². The largest absolute Gasteiger partial charge is 0.481 e. The number of carbonyl (C=O) groups excluding carboxylic acids is 1. The minimum Gasteiger partial charge on any atom is -0.481 e. The van der Waals surface area contributed by atoms with E-state index in [9.17, 15) is 14.4 Å². The zero-order chi connectivity index (χ0) is 15.6. The second-order valence-corrected chi connectivity index (χ2v) is 5.89. The van der Waals surface area contributed by atoms with Crippen LogP contribution in [0.2, 0.25) is 0 Å². The van der Waals surface area contributed by atoms with Crippen LogP contribution in [0.4, 0.5) is 0 Å². The lowest BCUT2D eigenvalue weighted by Gasteiger charge is -2.30. The summed E-state index contributed by atoms with van der Waals surface area (Å²) in [4.78, 5) is 40.7. The number of aliphatic carboxylic acids is 1. The average Bonchev–Trinajstić information content (AvgIpc) is 2.47. The van der Waals surface area contributed by atoms with Crippen molar-refractivity contribution in [3.63, 3.8) is 0 Å². The van der Waals surface area contributed by atoms with Gasteiger partial charge in [-0.15, -0.1) is 0 Å². The molecule has 0 bridgehead atoms. The zero-order valence-corrected chi connectivity index (χ0v) is 13.2. The van der Waals surface area contributed by atoms with Crippen LogP contribution >= 0.6 is 15.9 Å². The highest BCUT2D eigenvalue weighted by atomic mass is 79.9. The Morgan fingerprint density at radius 2 is 2.05 bits per heavy atom. The Labute approximate surface area is 129 Å². The third kappa shape index (κ3) is 3.49. The number of aryl methyl sites for hydroxylation is 1. The van der Waals surface area contributed by atoms with Crippen LogP contribution in [0.5, 0.6) is 0 Å². The van der Waals surface area contributed by atoms with Crippen molar-refractivity contribution in [2.24, 2.45) is 5.92 Å². The standard InChI is InChI=1S/C13H16BrN3O4/c1-8-15-6-10(14)12(19)17(8)7-11(18)16-4-2-9(3-5-16)13(20)21/h6,9H,2-5,7H2,1H3,(H,20,21). The fourth-order valence-corrected chi connectivity index (χ4v) is 2.66. The number of carbonyl (C=O) groups is 2. The minimum atomic E-state index is -0.814. The van der Waals surface area contributed by atoms with Crippen LogP contribution in [0.15, 0.2) is 15.5 Å². The van der Waals surface area contributed by atoms with Crippen LogP contribution < -0.4 is 5.56 Å². The number of hydrogen-bond donors (Lipinski definition) is 1. The molecule has 0 atom stereocenters. The molecule has 0 aliphatic carbocycles. The molecule has 1 aliphatic rings. The van der Waals surface area contributed by atoms with Gasteiger partial charge in [0.2, 0.25) is 5.91 Å². The number of amides is 1. The van der Waals surface area contributed by atoms with Crippen LogP contribution in [0.3, 0.4) is 0 Å². The van der Waals surface area contributed by atoms with Gasteiger partial charge in [0.25, 0.3) is 5.56 Å². The molecule has 2 rings (SSSR count). The highest BCUT2D eigenvalue weighted by molar-refractivity contribution is 9.10. The van der Waals surface area contributed by atoms with Gasteiger partial charge in [-0.1, -0.05) is 0 Å². The molecule has 0 aromatic carbocycles. The Hall–Kier alpha value is -1.70. The van der Waals surface area contributed by atoms with E-state index in [1.54, 1.807) is 11.8 Å². The van der Waals surface area contributed by atoms with Crippen molar-refractivity contribution >= 4 is 27.8 Å². The van der Waals surface area contributed by atoms with Gasteiger partial charge in [0.05, 0.1) is 5.92 Å². The number of aromatic nitrogens is 2. The molecule has 1 N–H and O–H groups in total. The van der Waals surface area contributed by atoms with Crippen molar-refractivity contribution in [3.8, 4) is 0 Å². The molecule has 0 radical (unpaired) electrons. The Morgan fingerprint density at radius 3 is 2.62 bits per heavy atom. The SMILES string of the molecule is Cc1ncc(Br)c(=O)n1CC(=O)N1CCC(C(=O)O)CC1. The monoisotopic (exact) mass is 357 g/mol. The zero-order valence-electron chi connectivity index (χ0n) is 11.6. The van der Waals surface area contributed by atoms with Gasteiger partial charge in [-0.25, -0.2) is 4.98 Å². The van der Waals surface area contributed by atoms with Gasteiger partial charge in [-0.2, -0.15) is 0 Å². The molecular weight excluding hydrogens is 342 g/mol. The van der Waals surface area contributed by atoms with E-state index in [0.717, 1.165) is 0 Å². The van der Waals surface area contributed by atoms with E-state index in [1.807, 2.05) is 0 Å². The van der Waals surface area contributed by atoms with Crippen LogP contribution in [0.25, 0.3) is 0 Å². The molecule has 8 heteroatoms. The van der Waals surface area contributed by atoms with Crippen molar-refractivity contribution < 1.29 is 14.7 Å². The Balaban J connectivity index is 2.05. The number of carboxylic acids is 1. The van der Waals surface area contributed by atoms with E-state index in [1.165, 1.54) is 10.8 Å². The van der Waals surface area contributed by atoms with Gasteiger partial charge in [0.15, 0.2) is 0 Å².